The number of rotatable bonds is 4. The highest BCUT2D eigenvalue weighted by molar-refractivity contribution is 5.71. The van der Waals surface area contributed by atoms with Crippen LogP contribution in [0.1, 0.15) is 52.7 Å². The fraction of sp³-hybridized carbons (Fsp3) is 0.409. The molecule has 0 aromatic heterocycles. The Hall–Kier alpha value is -2.70. The van der Waals surface area contributed by atoms with Gasteiger partial charge in [0, 0.05) is 17.0 Å². The third-order valence-electron chi connectivity index (χ3n) is 5.69. The van der Waals surface area contributed by atoms with Crippen molar-refractivity contribution in [3.8, 4) is 11.5 Å². The molecule has 2 aliphatic rings. The molecule has 154 valence electrons. The summed E-state index contributed by atoms with van der Waals surface area (Å²) in [7, 11) is 1.35. The number of ether oxygens (including phenoxy) is 3. The van der Waals surface area contributed by atoms with Gasteiger partial charge in [-0.2, -0.15) is 13.2 Å². The van der Waals surface area contributed by atoms with Crippen LogP contribution in [0.2, 0.25) is 0 Å². The fourth-order valence-electron chi connectivity index (χ4n) is 4.22. The van der Waals surface area contributed by atoms with Gasteiger partial charge >= 0.3 is 12.1 Å². The number of fused-ring (bicyclic) bond motifs is 2. The first-order chi connectivity index (χ1) is 13.8. The predicted octanol–water partition coefficient (Wildman–Crippen LogP) is 5.12. The molecule has 0 N–H and O–H groups in total. The molecule has 0 saturated carbocycles. The second-order valence-electron chi connectivity index (χ2n) is 7.41. The summed E-state index contributed by atoms with van der Waals surface area (Å²) in [6, 6.07) is 7.92. The Bertz CT molecular complexity index is 952. The molecule has 0 bridgehead atoms. The van der Waals surface area contributed by atoms with E-state index in [1.807, 2.05) is 13.0 Å². The van der Waals surface area contributed by atoms with Crippen LogP contribution >= 0.6 is 0 Å². The molecule has 7 heteroatoms. The van der Waals surface area contributed by atoms with Crippen molar-refractivity contribution >= 4 is 5.97 Å². The molecule has 1 aliphatic carbocycles. The van der Waals surface area contributed by atoms with E-state index in [2.05, 4.69) is 0 Å². The van der Waals surface area contributed by atoms with Crippen molar-refractivity contribution < 1.29 is 32.2 Å². The summed E-state index contributed by atoms with van der Waals surface area (Å²) in [6.45, 7) is 2.24. The summed E-state index contributed by atoms with van der Waals surface area (Å²) in [5.41, 5.74) is 2.03. The summed E-state index contributed by atoms with van der Waals surface area (Å²) in [5.74, 6) is 0.885. The molecule has 0 radical (unpaired) electrons. The largest absolute Gasteiger partial charge is 0.492 e. The van der Waals surface area contributed by atoms with E-state index in [-0.39, 0.29) is 18.3 Å². The third kappa shape index (κ3) is 3.54. The molecule has 2 atom stereocenters. The molecule has 4 nitrogen and oxygen atoms in total. The van der Waals surface area contributed by atoms with Crippen LogP contribution in [0.25, 0.3) is 0 Å². The lowest BCUT2D eigenvalue weighted by Crippen LogP contribution is -2.10. The summed E-state index contributed by atoms with van der Waals surface area (Å²) in [6.07, 6.45) is -3.75. The zero-order valence-corrected chi connectivity index (χ0v) is 16.1. The quantitative estimate of drug-likeness (QED) is 0.662. The van der Waals surface area contributed by atoms with Gasteiger partial charge in [-0.3, -0.25) is 4.79 Å². The van der Waals surface area contributed by atoms with Gasteiger partial charge in [0.05, 0.1) is 25.7 Å². The SMILES string of the molecule is COC(=O)CC1COc2c1ccc(O[C@@H]1CCc3c1cccc3C(F)(F)F)c2C. The maximum absolute atomic E-state index is 13.3. The minimum atomic E-state index is -4.37. The molecule has 0 amide bonds. The van der Waals surface area contributed by atoms with Crippen molar-refractivity contribution in [3.05, 3.63) is 58.1 Å². The highest BCUT2D eigenvalue weighted by atomic mass is 19.4. The van der Waals surface area contributed by atoms with Crippen LogP contribution in [0.3, 0.4) is 0 Å². The van der Waals surface area contributed by atoms with Crippen molar-refractivity contribution in [3.63, 3.8) is 0 Å². The monoisotopic (exact) mass is 406 g/mol. The van der Waals surface area contributed by atoms with Crippen LogP contribution in [0.4, 0.5) is 13.2 Å². The average Bonchev–Trinajstić information content (AvgIpc) is 3.28. The van der Waals surface area contributed by atoms with Gasteiger partial charge in [-0.25, -0.2) is 0 Å². The topological polar surface area (TPSA) is 44.8 Å². The minimum absolute atomic E-state index is 0.0771. The highest BCUT2D eigenvalue weighted by Gasteiger charge is 2.38. The van der Waals surface area contributed by atoms with Crippen molar-refractivity contribution in [2.75, 3.05) is 13.7 Å². The van der Waals surface area contributed by atoms with Gasteiger partial charge in [-0.15, -0.1) is 0 Å². The van der Waals surface area contributed by atoms with Crippen LogP contribution in [0, 0.1) is 6.92 Å². The van der Waals surface area contributed by atoms with E-state index in [9.17, 15) is 18.0 Å². The van der Waals surface area contributed by atoms with E-state index >= 15 is 0 Å². The lowest BCUT2D eigenvalue weighted by atomic mass is 9.96. The number of hydrogen-bond acceptors (Lipinski definition) is 4. The van der Waals surface area contributed by atoms with Crippen molar-refractivity contribution in [1.29, 1.82) is 0 Å². The Balaban J connectivity index is 1.58. The molecule has 29 heavy (non-hydrogen) atoms. The van der Waals surface area contributed by atoms with E-state index < -0.39 is 17.8 Å². The van der Waals surface area contributed by atoms with Crippen molar-refractivity contribution in [2.24, 2.45) is 0 Å². The lowest BCUT2D eigenvalue weighted by Gasteiger charge is -2.19. The van der Waals surface area contributed by atoms with Crippen LogP contribution < -0.4 is 9.47 Å². The maximum Gasteiger partial charge on any atom is 0.416 e. The zero-order chi connectivity index (χ0) is 20.8. The van der Waals surface area contributed by atoms with Gasteiger partial charge < -0.3 is 14.2 Å². The van der Waals surface area contributed by atoms with Crippen LogP contribution in [-0.4, -0.2) is 19.7 Å². The van der Waals surface area contributed by atoms with Gasteiger partial charge in [0.25, 0.3) is 0 Å². The number of benzene rings is 2. The minimum Gasteiger partial charge on any atom is -0.492 e. The number of hydrogen-bond donors (Lipinski definition) is 0. The third-order valence-corrected chi connectivity index (χ3v) is 5.69. The smallest absolute Gasteiger partial charge is 0.416 e. The van der Waals surface area contributed by atoms with Crippen molar-refractivity contribution in [2.45, 2.75) is 44.4 Å². The molecule has 2 aromatic rings. The average molecular weight is 406 g/mol. The summed E-state index contributed by atoms with van der Waals surface area (Å²) in [4.78, 5) is 11.6. The fourth-order valence-corrected chi connectivity index (χ4v) is 4.22. The molecular weight excluding hydrogens is 385 g/mol. The lowest BCUT2D eigenvalue weighted by molar-refractivity contribution is -0.141. The highest BCUT2D eigenvalue weighted by Crippen LogP contribution is 2.46. The zero-order valence-electron chi connectivity index (χ0n) is 16.1. The van der Waals surface area contributed by atoms with Crippen LogP contribution in [-0.2, 0) is 22.1 Å². The first kappa shape index (κ1) is 19.6. The van der Waals surface area contributed by atoms with E-state index in [0.29, 0.717) is 42.1 Å². The number of carbonyl (C=O) groups is 1. The van der Waals surface area contributed by atoms with Gasteiger partial charge in [-0.1, -0.05) is 18.2 Å². The summed E-state index contributed by atoms with van der Waals surface area (Å²) >= 11 is 0. The Morgan fingerprint density at radius 2 is 2.00 bits per heavy atom. The number of esters is 1. The van der Waals surface area contributed by atoms with E-state index in [0.717, 1.165) is 17.2 Å². The van der Waals surface area contributed by atoms with Gasteiger partial charge in [0.2, 0.25) is 0 Å². The molecule has 2 aromatic carbocycles. The maximum atomic E-state index is 13.3. The first-order valence-electron chi connectivity index (χ1n) is 9.48. The molecular formula is C22H21F3O4. The number of alkyl halides is 3. The summed E-state index contributed by atoms with van der Waals surface area (Å²) in [5, 5.41) is 0. The van der Waals surface area contributed by atoms with Gasteiger partial charge in [0.15, 0.2) is 0 Å². The summed E-state index contributed by atoms with van der Waals surface area (Å²) < 4.78 is 56.5. The predicted molar refractivity (Wildman–Crippen MR) is 99.2 cm³/mol. The normalized spacial score (nSPS) is 20.0. The van der Waals surface area contributed by atoms with Crippen LogP contribution in [0.15, 0.2) is 30.3 Å². The standard InChI is InChI=1S/C22H21F3O4/c1-12-18(8-6-14-13(10-20(26)27-2)11-28-21(12)14)29-19-9-7-15-16(19)4-3-5-17(15)22(23,24)25/h3-6,8,13,19H,7,9-11H2,1-2H3/t13?,19-/m1/s1. The number of halogens is 3. The Labute approximate surface area is 166 Å². The number of methoxy groups -OCH3 is 1. The van der Waals surface area contributed by atoms with E-state index in [4.69, 9.17) is 14.2 Å². The second kappa shape index (κ2) is 7.28. The Kier molecular flexibility index (Phi) is 4.92. The molecule has 1 heterocycles. The molecule has 1 aliphatic heterocycles. The molecule has 0 fully saturated rings. The molecule has 0 saturated heterocycles. The second-order valence-corrected chi connectivity index (χ2v) is 7.41. The molecule has 4 rings (SSSR count). The van der Waals surface area contributed by atoms with Crippen LogP contribution in [0.5, 0.6) is 11.5 Å². The van der Waals surface area contributed by atoms with E-state index in [1.54, 1.807) is 12.1 Å². The first-order valence-corrected chi connectivity index (χ1v) is 9.48. The van der Waals surface area contributed by atoms with E-state index in [1.165, 1.54) is 13.2 Å². The Morgan fingerprint density at radius 3 is 2.72 bits per heavy atom. The molecule has 1 unspecified atom stereocenters. The van der Waals surface area contributed by atoms with Crippen molar-refractivity contribution in [1.82, 2.24) is 0 Å². The number of carbonyl (C=O) groups excluding carboxylic acids is 1. The Morgan fingerprint density at radius 1 is 1.21 bits per heavy atom. The van der Waals surface area contributed by atoms with Gasteiger partial charge in [0.1, 0.15) is 17.6 Å². The van der Waals surface area contributed by atoms with Gasteiger partial charge in [-0.05, 0) is 43.0 Å². The molecule has 0 spiro atoms.